The van der Waals surface area contributed by atoms with E-state index in [0.717, 1.165) is 17.6 Å². The molecule has 0 spiro atoms. The first kappa shape index (κ1) is 23.3. The highest BCUT2D eigenvalue weighted by Gasteiger charge is 2.32. The Kier molecular flexibility index (Phi) is 8.26. The van der Waals surface area contributed by atoms with E-state index in [9.17, 15) is 14.4 Å². The first-order valence-electron chi connectivity index (χ1n) is 10.0. The predicted molar refractivity (Wildman–Crippen MR) is 113 cm³/mol. The average molecular weight is 418 g/mol. The Morgan fingerprint density at radius 2 is 2.00 bits per heavy atom. The van der Waals surface area contributed by atoms with Gasteiger partial charge in [0.15, 0.2) is 0 Å². The fourth-order valence-corrected chi connectivity index (χ4v) is 3.33. The van der Waals surface area contributed by atoms with Crippen molar-refractivity contribution in [3.63, 3.8) is 0 Å². The third-order valence-electron chi connectivity index (χ3n) is 4.99. The van der Waals surface area contributed by atoms with E-state index in [1.54, 1.807) is 7.11 Å². The van der Waals surface area contributed by atoms with Crippen LogP contribution in [0.5, 0.6) is 5.75 Å². The molecule has 0 saturated carbocycles. The maximum atomic E-state index is 12.4. The fraction of sp³-hybridized carbons (Fsp3) is 0.500. The summed E-state index contributed by atoms with van der Waals surface area (Å²) in [6.45, 7) is 6.32. The molecule has 8 heteroatoms. The number of benzene rings is 1. The van der Waals surface area contributed by atoms with Crippen LogP contribution in [0.15, 0.2) is 11.6 Å². The van der Waals surface area contributed by atoms with Gasteiger partial charge < -0.3 is 24.8 Å². The minimum absolute atomic E-state index is 0.147. The number of hydrogen-bond donors (Lipinski definition) is 2. The third kappa shape index (κ3) is 5.31. The zero-order chi connectivity index (χ0) is 22.3. The van der Waals surface area contributed by atoms with Crippen molar-refractivity contribution in [1.29, 1.82) is 0 Å². The van der Waals surface area contributed by atoms with E-state index in [1.165, 1.54) is 7.05 Å². The summed E-state index contributed by atoms with van der Waals surface area (Å²) < 4.78 is 15.9. The molecule has 2 rings (SSSR count). The van der Waals surface area contributed by atoms with Crippen LogP contribution in [0.3, 0.4) is 0 Å². The van der Waals surface area contributed by atoms with Gasteiger partial charge >= 0.3 is 18.0 Å². The topological polar surface area (TPSA) is 103 Å². The van der Waals surface area contributed by atoms with E-state index in [1.807, 2.05) is 26.8 Å². The number of anilines is 1. The Bertz CT molecular complexity index is 860. The van der Waals surface area contributed by atoms with Crippen molar-refractivity contribution in [3.8, 4) is 5.75 Å². The van der Waals surface area contributed by atoms with Crippen LogP contribution in [-0.4, -0.2) is 38.7 Å². The summed E-state index contributed by atoms with van der Waals surface area (Å²) in [4.78, 5) is 36.1. The molecule has 8 nitrogen and oxygen atoms in total. The summed E-state index contributed by atoms with van der Waals surface area (Å²) in [5.74, 6) is -0.0899. The summed E-state index contributed by atoms with van der Waals surface area (Å²) in [7, 11) is 3.06. The molecule has 0 fully saturated rings. The van der Waals surface area contributed by atoms with Crippen molar-refractivity contribution in [3.05, 3.63) is 33.9 Å². The van der Waals surface area contributed by atoms with Crippen molar-refractivity contribution in [2.75, 3.05) is 26.1 Å². The second-order valence-corrected chi connectivity index (χ2v) is 7.12. The molecule has 0 radical (unpaired) electrons. The van der Waals surface area contributed by atoms with Gasteiger partial charge in [-0.25, -0.2) is 9.59 Å². The molecule has 0 atom stereocenters. The molecule has 0 aromatic heterocycles. The van der Waals surface area contributed by atoms with Crippen molar-refractivity contribution in [2.45, 2.75) is 53.1 Å². The van der Waals surface area contributed by atoms with E-state index in [4.69, 9.17) is 14.2 Å². The minimum Gasteiger partial charge on any atom is -0.496 e. The monoisotopic (exact) mass is 418 g/mol. The van der Waals surface area contributed by atoms with Gasteiger partial charge in [0.05, 0.1) is 25.0 Å². The lowest BCUT2D eigenvalue weighted by Gasteiger charge is -2.19. The van der Waals surface area contributed by atoms with Gasteiger partial charge in [-0.1, -0.05) is 18.6 Å². The number of amides is 2. The maximum absolute atomic E-state index is 12.4. The van der Waals surface area contributed by atoms with E-state index in [0.29, 0.717) is 54.0 Å². The molecule has 30 heavy (non-hydrogen) atoms. The van der Waals surface area contributed by atoms with Gasteiger partial charge in [0.2, 0.25) is 0 Å². The molecule has 0 bridgehead atoms. The van der Waals surface area contributed by atoms with E-state index >= 15 is 0 Å². The van der Waals surface area contributed by atoms with Gasteiger partial charge in [-0.05, 0) is 38.7 Å². The normalized spacial score (nSPS) is 12.8. The Morgan fingerprint density at radius 3 is 2.63 bits per heavy atom. The lowest BCUT2D eigenvalue weighted by molar-refractivity contribution is -0.143. The van der Waals surface area contributed by atoms with Gasteiger partial charge in [-0.15, -0.1) is 0 Å². The first-order chi connectivity index (χ1) is 14.3. The zero-order valence-corrected chi connectivity index (χ0v) is 18.3. The smallest absolute Gasteiger partial charge is 0.341 e. The number of urea groups is 1. The van der Waals surface area contributed by atoms with Crippen molar-refractivity contribution in [1.82, 2.24) is 5.32 Å². The van der Waals surface area contributed by atoms with E-state index in [2.05, 4.69) is 10.6 Å². The highest BCUT2D eigenvalue weighted by atomic mass is 16.5. The maximum Gasteiger partial charge on any atom is 0.341 e. The summed E-state index contributed by atoms with van der Waals surface area (Å²) in [6, 6.07) is -0.441. The molecule has 1 aromatic carbocycles. The zero-order valence-electron chi connectivity index (χ0n) is 18.3. The third-order valence-corrected chi connectivity index (χ3v) is 4.99. The Balaban J connectivity index is 2.34. The molecule has 2 N–H and O–H groups in total. The van der Waals surface area contributed by atoms with Gasteiger partial charge in [-0.2, -0.15) is 0 Å². The quantitative estimate of drug-likeness (QED) is 0.469. The minimum atomic E-state index is -0.470. The first-order valence-corrected chi connectivity index (χ1v) is 10.0. The summed E-state index contributed by atoms with van der Waals surface area (Å²) >= 11 is 0. The number of hydrogen-bond acceptors (Lipinski definition) is 6. The number of ether oxygens (including phenoxy) is 3. The number of rotatable bonds is 9. The number of methoxy groups -OCH3 is 1. The van der Waals surface area contributed by atoms with Crippen LogP contribution >= 0.6 is 0 Å². The second kappa shape index (κ2) is 10.7. The van der Waals surface area contributed by atoms with Crippen molar-refractivity contribution >= 4 is 23.7 Å². The van der Waals surface area contributed by atoms with Crippen LogP contribution in [0, 0.1) is 6.92 Å². The highest BCUT2D eigenvalue weighted by molar-refractivity contribution is 6.05. The Labute approximate surface area is 176 Å². The molecular formula is C22H30N2O6. The van der Waals surface area contributed by atoms with Gasteiger partial charge in [0.1, 0.15) is 12.4 Å². The number of esters is 2. The second-order valence-electron chi connectivity index (χ2n) is 7.12. The fourth-order valence-electron chi connectivity index (χ4n) is 3.33. The van der Waals surface area contributed by atoms with Crippen LogP contribution in [-0.2, 0) is 27.3 Å². The van der Waals surface area contributed by atoms with Gasteiger partial charge in [-0.3, -0.25) is 4.79 Å². The van der Waals surface area contributed by atoms with E-state index < -0.39 is 12.0 Å². The molecule has 0 unspecified atom stereocenters. The molecular weight excluding hydrogens is 388 g/mol. The largest absolute Gasteiger partial charge is 0.496 e. The van der Waals surface area contributed by atoms with Crippen LogP contribution in [0.25, 0.3) is 0 Å². The number of cyclic esters (lactones) is 1. The van der Waals surface area contributed by atoms with Crippen LogP contribution in [0.1, 0.15) is 60.2 Å². The lowest BCUT2D eigenvalue weighted by Crippen LogP contribution is -2.26. The number of carbonyl (C=O) groups excluding carboxylic acids is 3. The number of carbonyl (C=O) groups is 3. The average Bonchev–Trinajstić information content (AvgIpc) is 3.12. The molecule has 0 saturated heterocycles. The molecule has 1 heterocycles. The Hall–Kier alpha value is -3.03. The molecule has 1 aliphatic heterocycles. The SMILES string of the molecule is CCCOC(=O)CC/C(C)=C/Cc1c(NC(=O)NC)c2c(c(C)c1OC)COC2=O. The number of fused-ring (bicyclic) bond motifs is 1. The predicted octanol–water partition coefficient (Wildman–Crippen LogP) is 3.65. The van der Waals surface area contributed by atoms with Gasteiger partial charge in [0, 0.05) is 24.6 Å². The molecule has 1 aliphatic rings. The number of allylic oxidation sites excluding steroid dienone is 2. The molecule has 164 valence electrons. The van der Waals surface area contributed by atoms with Crippen LogP contribution in [0.4, 0.5) is 10.5 Å². The molecule has 1 aromatic rings. The lowest BCUT2D eigenvalue weighted by atomic mass is 9.93. The Morgan fingerprint density at radius 1 is 1.27 bits per heavy atom. The number of nitrogens with one attached hydrogen (secondary N) is 2. The van der Waals surface area contributed by atoms with Crippen molar-refractivity contribution < 1.29 is 28.6 Å². The summed E-state index contributed by atoms with van der Waals surface area (Å²) in [5.41, 5.74) is 3.96. The van der Waals surface area contributed by atoms with E-state index in [-0.39, 0.29) is 12.6 Å². The standard InChI is InChI=1S/C22H30N2O6/c1-6-11-29-17(25)10-8-13(2)7-9-15-19(24-22(27)23-4)18-16(12-30-21(18)26)14(3)20(15)28-5/h7H,6,8-12H2,1-5H3,(H2,23,24,27)/b13-7+. The van der Waals surface area contributed by atoms with Gasteiger partial charge in [0.25, 0.3) is 0 Å². The van der Waals surface area contributed by atoms with Crippen molar-refractivity contribution in [2.24, 2.45) is 0 Å². The molecule has 0 aliphatic carbocycles. The van der Waals surface area contributed by atoms with Crippen LogP contribution < -0.4 is 15.4 Å². The highest BCUT2D eigenvalue weighted by Crippen LogP contribution is 2.41. The summed E-state index contributed by atoms with van der Waals surface area (Å²) in [5, 5.41) is 5.26. The molecule has 2 amide bonds. The summed E-state index contributed by atoms with van der Waals surface area (Å²) in [6.07, 6.45) is 4.04. The van der Waals surface area contributed by atoms with Crippen LogP contribution in [0.2, 0.25) is 0 Å².